The zero-order valence-corrected chi connectivity index (χ0v) is 9.25. The maximum Gasteiger partial charge on any atom is 0.147 e. The summed E-state index contributed by atoms with van der Waals surface area (Å²) >= 11 is 0. The summed E-state index contributed by atoms with van der Waals surface area (Å²) in [6, 6.07) is 1.69. The van der Waals surface area contributed by atoms with Crippen molar-refractivity contribution in [2.24, 2.45) is 5.41 Å². The normalized spacial score (nSPS) is 11.9. The van der Waals surface area contributed by atoms with Crippen LogP contribution in [0.5, 0.6) is 0 Å². The van der Waals surface area contributed by atoms with Crippen LogP contribution in [0.2, 0.25) is 0 Å². The molecule has 0 saturated heterocycles. The zero-order valence-electron chi connectivity index (χ0n) is 9.25. The van der Waals surface area contributed by atoms with E-state index < -0.39 is 0 Å². The van der Waals surface area contributed by atoms with Gasteiger partial charge in [-0.15, -0.1) is 0 Å². The first-order chi connectivity index (χ1) is 6.38. The van der Waals surface area contributed by atoms with Gasteiger partial charge in [-0.3, -0.25) is 0 Å². The van der Waals surface area contributed by atoms with E-state index in [1.807, 2.05) is 0 Å². The Balaban J connectivity index is 2.42. The minimum Gasteiger partial charge on any atom is -0.384 e. The van der Waals surface area contributed by atoms with Crippen molar-refractivity contribution in [3.63, 3.8) is 0 Å². The third-order valence-corrected chi connectivity index (χ3v) is 2.13. The Kier molecular flexibility index (Phi) is 3.03. The molecule has 0 aliphatic rings. The number of aryl methyl sites for hydroxylation is 1. The van der Waals surface area contributed by atoms with Gasteiger partial charge in [-0.25, -0.2) is 4.68 Å². The van der Waals surface area contributed by atoms with Gasteiger partial charge in [0.1, 0.15) is 11.6 Å². The zero-order chi connectivity index (χ0) is 10.8. The molecule has 4 nitrogen and oxygen atoms in total. The molecule has 80 valence electrons. The predicted molar refractivity (Wildman–Crippen MR) is 59.7 cm³/mol. The van der Waals surface area contributed by atoms with Crippen LogP contribution in [0.3, 0.4) is 0 Å². The minimum atomic E-state index is 0.369. The maximum absolute atomic E-state index is 5.71. The van der Waals surface area contributed by atoms with E-state index in [0.29, 0.717) is 17.1 Å². The standard InChI is InChI=1S/C10H20N4/c1-10(2,3)5-4-6-14-9(12)7-8(11)13-14/h7H,4-6,12H2,1-3H3,(H2,11,13). The van der Waals surface area contributed by atoms with Gasteiger partial charge in [-0.2, -0.15) is 5.10 Å². The molecular weight excluding hydrogens is 176 g/mol. The van der Waals surface area contributed by atoms with Gasteiger partial charge in [0.25, 0.3) is 0 Å². The highest BCUT2D eigenvalue weighted by atomic mass is 15.3. The highest BCUT2D eigenvalue weighted by molar-refractivity contribution is 5.41. The second-order valence-electron chi connectivity index (χ2n) is 4.88. The number of anilines is 2. The van der Waals surface area contributed by atoms with Crippen LogP contribution in [-0.2, 0) is 6.54 Å². The van der Waals surface area contributed by atoms with Crippen LogP contribution in [0.1, 0.15) is 33.6 Å². The fraction of sp³-hybridized carbons (Fsp3) is 0.700. The molecule has 0 atom stereocenters. The van der Waals surface area contributed by atoms with Gasteiger partial charge in [-0.05, 0) is 18.3 Å². The Labute approximate surface area is 85.3 Å². The maximum atomic E-state index is 5.71. The molecule has 0 aliphatic carbocycles. The largest absolute Gasteiger partial charge is 0.384 e. The van der Waals surface area contributed by atoms with E-state index in [9.17, 15) is 0 Å². The number of aromatic nitrogens is 2. The molecule has 4 N–H and O–H groups in total. The summed E-state index contributed by atoms with van der Waals surface area (Å²) < 4.78 is 1.76. The molecule has 0 unspecified atom stereocenters. The Morgan fingerprint density at radius 2 is 2.00 bits per heavy atom. The monoisotopic (exact) mass is 196 g/mol. The van der Waals surface area contributed by atoms with E-state index in [-0.39, 0.29) is 0 Å². The number of rotatable bonds is 3. The van der Waals surface area contributed by atoms with Crippen LogP contribution < -0.4 is 11.5 Å². The fourth-order valence-corrected chi connectivity index (χ4v) is 1.39. The molecule has 0 aromatic carbocycles. The lowest BCUT2D eigenvalue weighted by atomic mass is 9.91. The molecule has 14 heavy (non-hydrogen) atoms. The van der Waals surface area contributed by atoms with Gasteiger partial charge in [0.2, 0.25) is 0 Å². The van der Waals surface area contributed by atoms with E-state index in [1.165, 1.54) is 0 Å². The van der Waals surface area contributed by atoms with Gasteiger partial charge >= 0.3 is 0 Å². The van der Waals surface area contributed by atoms with Crippen molar-refractivity contribution in [3.8, 4) is 0 Å². The van der Waals surface area contributed by atoms with Crippen molar-refractivity contribution in [1.29, 1.82) is 0 Å². The Morgan fingerprint density at radius 1 is 1.36 bits per heavy atom. The summed E-state index contributed by atoms with van der Waals surface area (Å²) in [5.41, 5.74) is 11.6. The Bertz CT molecular complexity index is 296. The number of nitrogen functional groups attached to an aromatic ring is 2. The first kappa shape index (κ1) is 10.9. The van der Waals surface area contributed by atoms with Crippen molar-refractivity contribution in [2.75, 3.05) is 11.5 Å². The van der Waals surface area contributed by atoms with Crippen molar-refractivity contribution < 1.29 is 0 Å². The topological polar surface area (TPSA) is 69.9 Å². The first-order valence-electron chi connectivity index (χ1n) is 4.97. The Hall–Kier alpha value is -1.19. The van der Waals surface area contributed by atoms with Crippen molar-refractivity contribution in [3.05, 3.63) is 6.07 Å². The van der Waals surface area contributed by atoms with E-state index in [4.69, 9.17) is 11.5 Å². The molecule has 0 saturated carbocycles. The molecular formula is C10H20N4. The molecule has 1 heterocycles. The van der Waals surface area contributed by atoms with Crippen molar-refractivity contribution >= 4 is 11.6 Å². The smallest absolute Gasteiger partial charge is 0.147 e. The molecule has 0 spiro atoms. The van der Waals surface area contributed by atoms with E-state index >= 15 is 0 Å². The lowest BCUT2D eigenvalue weighted by Crippen LogP contribution is -2.09. The van der Waals surface area contributed by atoms with Crippen molar-refractivity contribution in [1.82, 2.24) is 9.78 Å². The van der Waals surface area contributed by atoms with Crippen LogP contribution in [0.15, 0.2) is 6.07 Å². The number of nitrogens with two attached hydrogens (primary N) is 2. The molecule has 0 bridgehead atoms. The molecule has 4 heteroatoms. The fourth-order valence-electron chi connectivity index (χ4n) is 1.39. The number of hydrogen-bond donors (Lipinski definition) is 2. The van der Waals surface area contributed by atoms with E-state index in [1.54, 1.807) is 10.7 Å². The van der Waals surface area contributed by atoms with Crippen LogP contribution in [-0.4, -0.2) is 9.78 Å². The molecule has 1 aromatic rings. The number of hydrogen-bond acceptors (Lipinski definition) is 3. The van der Waals surface area contributed by atoms with Crippen LogP contribution >= 0.6 is 0 Å². The first-order valence-corrected chi connectivity index (χ1v) is 4.97. The average molecular weight is 196 g/mol. The summed E-state index contributed by atoms with van der Waals surface area (Å²) in [6.45, 7) is 7.54. The predicted octanol–water partition coefficient (Wildman–Crippen LogP) is 1.87. The number of nitrogens with zero attached hydrogens (tertiary/aromatic N) is 2. The molecule has 0 radical (unpaired) electrons. The molecule has 1 rings (SSSR count). The third kappa shape index (κ3) is 3.28. The summed E-state index contributed by atoms with van der Waals surface area (Å²) in [4.78, 5) is 0. The van der Waals surface area contributed by atoms with Gasteiger partial charge in [0.15, 0.2) is 0 Å². The van der Waals surface area contributed by atoms with Gasteiger partial charge in [0, 0.05) is 12.6 Å². The highest BCUT2D eigenvalue weighted by Crippen LogP contribution is 2.21. The lowest BCUT2D eigenvalue weighted by molar-refractivity contribution is 0.350. The van der Waals surface area contributed by atoms with Gasteiger partial charge in [0.05, 0.1) is 0 Å². The third-order valence-electron chi connectivity index (χ3n) is 2.13. The summed E-state index contributed by atoms with van der Waals surface area (Å²) in [5.74, 6) is 1.15. The highest BCUT2D eigenvalue weighted by Gasteiger charge is 2.10. The van der Waals surface area contributed by atoms with Crippen LogP contribution in [0, 0.1) is 5.41 Å². The SMILES string of the molecule is CC(C)(C)CCCn1nc(N)cc1N. The van der Waals surface area contributed by atoms with E-state index in [2.05, 4.69) is 25.9 Å². The summed E-state index contributed by atoms with van der Waals surface area (Å²) in [7, 11) is 0. The molecule has 1 aromatic heterocycles. The summed E-state index contributed by atoms with van der Waals surface area (Å²) in [5, 5.41) is 4.10. The molecule has 0 amide bonds. The molecule has 0 aliphatic heterocycles. The second-order valence-corrected chi connectivity index (χ2v) is 4.88. The van der Waals surface area contributed by atoms with Crippen LogP contribution in [0.4, 0.5) is 11.6 Å². The molecule has 0 fully saturated rings. The quantitative estimate of drug-likeness (QED) is 0.775. The van der Waals surface area contributed by atoms with Crippen LogP contribution in [0.25, 0.3) is 0 Å². The van der Waals surface area contributed by atoms with Gasteiger partial charge < -0.3 is 11.5 Å². The van der Waals surface area contributed by atoms with E-state index in [0.717, 1.165) is 19.4 Å². The Morgan fingerprint density at radius 3 is 2.43 bits per heavy atom. The van der Waals surface area contributed by atoms with Gasteiger partial charge in [-0.1, -0.05) is 20.8 Å². The lowest BCUT2D eigenvalue weighted by Gasteiger charge is -2.17. The average Bonchev–Trinajstić information content (AvgIpc) is 2.27. The summed E-state index contributed by atoms with van der Waals surface area (Å²) in [6.07, 6.45) is 2.24. The van der Waals surface area contributed by atoms with Crippen molar-refractivity contribution in [2.45, 2.75) is 40.2 Å². The minimum absolute atomic E-state index is 0.369. The second kappa shape index (κ2) is 3.90.